The van der Waals surface area contributed by atoms with Crippen molar-refractivity contribution in [1.29, 1.82) is 0 Å². The van der Waals surface area contributed by atoms with Crippen molar-refractivity contribution in [2.45, 2.75) is 45.5 Å². The molecule has 1 fully saturated rings. The van der Waals surface area contributed by atoms with Crippen LogP contribution in [0.25, 0.3) is 6.08 Å². The van der Waals surface area contributed by atoms with Crippen LogP contribution < -0.4 is 5.32 Å². The number of aromatic nitrogens is 2. The van der Waals surface area contributed by atoms with Crippen LogP contribution in [-0.4, -0.2) is 40.9 Å². The number of alkyl carbamates (subject to hydrolysis) is 1. The van der Waals surface area contributed by atoms with Crippen LogP contribution in [0.2, 0.25) is 5.15 Å². The molecule has 2 heterocycles. The lowest BCUT2D eigenvalue weighted by Crippen LogP contribution is -2.41. The molecular weight excluding hydrogens is 405 g/mol. The average Bonchev–Trinajstić information content (AvgIpc) is 2.92. The summed E-state index contributed by atoms with van der Waals surface area (Å²) in [5.74, 6) is 0. The lowest BCUT2D eigenvalue weighted by Gasteiger charge is -2.32. The highest BCUT2D eigenvalue weighted by atomic mass is 35.5. The molecule has 158 valence electrons. The lowest BCUT2D eigenvalue weighted by atomic mass is 9.77. The van der Waals surface area contributed by atoms with E-state index in [0.29, 0.717) is 16.2 Å². The van der Waals surface area contributed by atoms with Gasteiger partial charge in [-0.25, -0.2) is 14.8 Å². The Labute approximate surface area is 181 Å². The average molecular weight is 430 g/mol. The van der Waals surface area contributed by atoms with Crippen LogP contribution in [0.15, 0.2) is 48.3 Å². The molecule has 30 heavy (non-hydrogen) atoms. The van der Waals surface area contributed by atoms with Gasteiger partial charge in [-0.15, -0.1) is 0 Å². The van der Waals surface area contributed by atoms with Gasteiger partial charge < -0.3 is 19.4 Å². The maximum atomic E-state index is 12.2. The van der Waals surface area contributed by atoms with Gasteiger partial charge in [0.05, 0.1) is 11.2 Å². The fourth-order valence-electron chi connectivity index (χ4n) is 2.77. The third-order valence-electron chi connectivity index (χ3n) is 5.24. The standard InChI is InChI=1S/C21H25BClN3O4/c1-20(2)21(3,4)30-22(29-20)17(10-16-11-24-14-26-18(16)23)12-25-19(27)28-13-15-8-6-5-7-9-15/h5-11,14H,12-13H2,1-4H3,(H,25,27). The number of hydrogen-bond donors (Lipinski definition) is 1. The number of amides is 1. The summed E-state index contributed by atoms with van der Waals surface area (Å²) in [6.45, 7) is 8.18. The molecule has 9 heteroatoms. The molecule has 2 aromatic rings. The number of carbonyl (C=O) groups excluding carboxylic acids is 1. The molecule has 0 radical (unpaired) electrons. The van der Waals surface area contributed by atoms with Gasteiger partial charge in [0.1, 0.15) is 18.1 Å². The Bertz CT molecular complexity index is 905. The second-order valence-electron chi connectivity index (χ2n) is 7.99. The predicted molar refractivity (Wildman–Crippen MR) is 116 cm³/mol. The molecule has 1 aromatic carbocycles. The third-order valence-corrected chi connectivity index (χ3v) is 5.55. The summed E-state index contributed by atoms with van der Waals surface area (Å²) in [5, 5.41) is 3.05. The molecule has 0 spiro atoms. The van der Waals surface area contributed by atoms with E-state index in [4.69, 9.17) is 25.6 Å². The highest BCUT2D eigenvalue weighted by Gasteiger charge is 2.52. The van der Waals surface area contributed by atoms with E-state index in [9.17, 15) is 4.79 Å². The van der Waals surface area contributed by atoms with E-state index in [1.54, 1.807) is 12.3 Å². The largest absolute Gasteiger partial charge is 0.492 e. The second-order valence-corrected chi connectivity index (χ2v) is 8.35. The number of hydrogen-bond acceptors (Lipinski definition) is 6. The van der Waals surface area contributed by atoms with Crippen LogP contribution in [0, 0.1) is 0 Å². The van der Waals surface area contributed by atoms with Crippen LogP contribution >= 0.6 is 11.6 Å². The Morgan fingerprint density at radius 3 is 2.50 bits per heavy atom. The van der Waals surface area contributed by atoms with Crippen molar-refractivity contribution in [2.75, 3.05) is 6.54 Å². The van der Waals surface area contributed by atoms with E-state index in [2.05, 4.69) is 15.3 Å². The van der Waals surface area contributed by atoms with Gasteiger partial charge in [0.25, 0.3) is 0 Å². The molecule has 7 nitrogen and oxygen atoms in total. The van der Waals surface area contributed by atoms with Crippen molar-refractivity contribution >= 4 is 30.9 Å². The van der Waals surface area contributed by atoms with E-state index in [1.165, 1.54) is 6.33 Å². The van der Waals surface area contributed by atoms with Gasteiger partial charge >= 0.3 is 13.2 Å². The minimum Gasteiger partial charge on any atom is -0.445 e. The summed E-state index contributed by atoms with van der Waals surface area (Å²) in [5.41, 5.74) is 1.12. The van der Waals surface area contributed by atoms with Crippen LogP contribution in [0.3, 0.4) is 0 Å². The van der Waals surface area contributed by atoms with Crippen LogP contribution in [-0.2, 0) is 20.7 Å². The van der Waals surface area contributed by atoms with Gasteiger partial charge in [-0.2, -0.15) is 0 Å². The smallest absolute Gasteiger partial charge is 0.445 e. The molecule has 1 amide bonds. The first-order valence-electron chi connectivity index (χ1n) is 9.64. The molecule has 1 aliphatic rings. The fraction of sp³-hybridized carbons (Fsp3) is 0.381. The number of nitrogens with zero attached hydrogens (tertiary/aromatic N) is 2. The zero-order valence-corrected chi connectivity index (χ0v) is 18.3. The molecule has 1 aromatic heterocycles. The highest BCUT2D eigenvalue weighted by Crippen LogP contribution is 2.38. The van der Waals surface area contributed by atoms with E-state index >= 15 is 0 Å². The summed E-state index contributed by atoms with van der Waals surface area (Å²) in [6.07, 6.45) is 4.18. The summed E-state index contributed by atoms with van der Waals surface area (Å²) >= 11 is 6.18. The Morgan fingerprint density at radius 1 is 1.20 bits per heavy atom. The van der Waals surface area contributed by atoms with Gasteiger partial charge in [0.2, 0.25) is 0 Å². The molecule has 0 unspecified atom stereocenters. The number of carbonyl (C=O) groups is 1. The first-order valence-corrected chi connectivity index (χ1v) is 10.0. The molecule has 0 aliphatic carbocycles. The maximum absolute atomic E-state index is 12.2. The van der Waals surface area contributed by atoms with Crippen molar-refractivity contribution in [2.24, 2.45) is 0 Å². The molecule has 0 bridgehead atoms. The lowest BCUT2D eigenvalue weighted by molar-refractivity contribution is 0.00578. The predicted octanol–water partition coefficient (Wildman–Crippen LogP) is 4.07. The number of nitrogens with one attached hydrogen (secondary N) is 1. The van der Waals surface area contributed by atoms with E-state index in [0.717, 1.165) is 5.56 Å². The minimum absolute atomic E-state index is 0.148. The van der Waals surface area contributed by atoms with Gasteiger partial charge in [0, 0.05) is 18.3 Å². The maximum Gasteiger partial charge on any atom is 0.492 e. The first kappa shape index (κ1) is 22.3. The van der Waals surface area contributed by atoms with Crippen molar-refractivity contribution < 1.29 is 18.8 Å². The van der Waals surface area contributed by atoms with Crippen LogP contribution in [0.1, 0.15) is 38.8 Å². The Kier molecular flexibility index (Phi) is 6.80. The van der Waals surface area contributed by atoms with Crippen molar-refractivity contribution in [3.63, 3.8) is 0 Å². The molecule has 1 N–H and O–H groups in total. The molecular formula is C21H25BClN3O4. The highest BCUT2D eigenvalue weighted by molar-refractivity contribution is 6.56. The van der Waals surface area contributed by atoms with E-state index in [1.807, 2.05) is 58.0 Å². The minimum atomic E-state index is -0.666. The summed E-state index contributed by atoms with van der Waals surface area (Å²) < 4.78 is 17.6. The molecule has 1 aliphatic heterocycles. The summed E-state index contributed by atoms with van der Waals surface area (Å²) in [6, 6.07) is 9.47. The Morgan fingerprint density at radius 2 is 1.87 bits per heavy atom. The first-order chi connectivity index (χ1) is 14.2. The number of rotatable bonds is 6. The zero-order valence-electron chi connectivity index (χ0n) is 17.5. The van der Waals surface area contributed by atoms with Gasteiger partial charge in [0.15, 0.2) is 0 Å². The van der Waals surface area contributed by atoms with E-state index < -0.39 is 24.4 Å². The topological polar surface area (TPSA) is 82.6 Å². The van der Waals surface area contributed by atoms with E-state index in [-0.39, 0.29) is 13.2 Å². The number of halogens is 1. The van der Waals surface area contributed by atoms with Crippen molar-refractivity contribution in [3.8, 4) is 0 Å². The molecule has 3 rings (SSSR count). The van der Waals surface area contributed by atoms with Gasteiger partial charge in [-0.05, 0) is 38.7 Å². The third kappa shape index (κ3) is 5.39. The number of ether oxygens (including phenoxy) is 1. The quantitative estimate of drug-likeness (QED) is 0.550. The van der Waals surface area contributed by atoms with Gasteiger partial charge in [-0.3, -0.25) is 0 Å². The molecule has 1 saturated heterocycles. The monoisotopic (exact) mass is 429 g/mol. The zero-order chi connectivity index (χ0) is 21.8. The molecule has 0 atom stereocenters. The SMILES string of the molecule is CC1(C)OB(C(=Cc2cncnc2Cl)CNC(=O)OCc2ccccc2)OC1(C)C. The normalized spacial score (nSPS) is 17.6. The van der Waals surface area contributed by atoms with Gasteiger partial charge in [-0.1, -0.05) is 48.0 Å². The van der Waals surface area contributed by atoms with Crippen LogP contribution in [0.4, 0.5) is 4.79 Å². The second kappa shape index (κ2) is 9.16. The Hall–Kier alpha value is -2.42. The molecule has 0 saturated carbocycles. The van der Waals surface area contributed by atoms with Crippen LogP contribution in [0.5, 0.6) is 0 Å². The van der Waals surface area contributed by atoms with Crippen molar-refractivity contribution in [3.05, 3.63) is 64.6 Å². The van der Waals surface area contributed by atoms with Crippen molar-refractivity contribution in [1.82, 2.24) is 15.3 Å². The summed E-state index contributed by atoms with van der Waals surface area (Å²) in [7, 11) is -0.666. The fourth-order valence-corrected chi connectivity index (χ4v) is 2.91. The summed E-state index contributed by atoms with van der Waals surface area (Å²) in [4.78, 5) is 20.2. The number of benzene rings is 1. The Balaban J connectivity index is 1.72.